The minimum Gasteiger partial charge on any atom is -0.351 e. The molecule has 1 aliphatic carbocycles. The lowest BCUT2D eigenvalue weighted by atomic mass is 9.95. The van der Waals surface area contributed by atoms with Gasteiger partial charge in [-0.2, -0.15) is 0 Å². The summed E-state index contributed by atoms with van der Waals surface area (Å²) >= 11 is 0. The lowest BCUT2D eigenvalue weighted by Crippen LogP contribution is -2.44. The van der Waals surface area contributed by atoms with E-state index < -0.39 is 0 Å². The molecule has 5 heteroatoms. The number of H-pyrrole nitrogens is 1. The zero-order valence-electron chi connectivity index (χ0n) is 12.3. The molecule has 1 aromatic rings. The molecular weight excluding hydrogens is 266 g/mol. The Hall–Kier alpha value is -1.78. The number of piperidine rings is 1. The summed E-state index contributed by atoms with van der Waals surface area (Å²) in [4.78, 5) is 28.8. The largest absolute Gasteiger partial charge is 0.351 e. The lowest BCUT2D eigenvalue weighted by Gasteiger charge is -2.37. The van der Waals surface area contributed by atoms with E-state index in [0.717, 1.165) is 36.2 Å². The van der Waals surface area contributed by atoms with Crippen molar-refractivity contribution in [1.82, 2.24) is 9.55 Å². The molecule has 2 bridgehead atoms. The number of allylic oxidation sites excluding steroid dienone is 1. The molecule has 4 rings (SSSR count). The van der Waals surface area contributed by atoms with Gasteiger partial charge in [-0.25, -0.2) is 4.79 Å². The third kappa shape index (κ3) is 2.24. The Bertz CT molecular complexity index is 664. The zero-order chi connectivity index (χ0) is 14.6. The van der Waals surface area contributed by atoms with Gasteiger partial charge in [0.2, 0.25) is 0 Å². The van der Waals surface area contributed by atoms with Gasteiger partial charge >= 0.3 is 5.69 Å². The van der Waals surface area contributed by atoms with Crippen molar-refractivity contribution in [3.8, 4) is 0 Å². The van der Waals surface area contributed by atoms with Gasteiger partial charge in [0.15, 0.2) is 0 Å². The average molecular weight is 287 g/mol. The van der Waals surface area contributed by atoms with E-state index >= 15 is 0 Å². The number of aromatic amines is 1. The molecule has 0 radical (unpaired) electrons. The summed E-state index contributed by atoms with van der Waals surface area (Å²) in [6, 6.07) is 2.45. The molecule has 5 nitrogen and oxygen atoms in total. The summed E-state index contributed by atoms with van der Waals surface area (Å²) in [5.74, 6) is 1.54. The van der Waals surface area contributed by atoms with Crippen molar-refractivity contribution in [2.45, 2.75) is 50.6 Å². The highest BCUT2D eigenvalue weighted by Crippen LogP contribution is 2.42. The molecule has 1 aromatic heterocycles. The first-order valence-electron chi connectivity index (χ1n) is 7.90. The normalized spacial score (nSPS) is 28.0. The zero-order valence-corrected chi connectivity index (χ0v) is 12.3. The Kier molecular flexibility index (Phi) is 2.84. The van der Waals surface area contributed by atoms with E-state index in [1.165, 1.54) is 19.9 Å². The molecule has 0 amide bonds. The molecule has 112 valence electrons. The van der Waals surface area contributed by atoms with Crippen molar-refractivity contribution < 1.29 is 0 Å². The van der Waals surface area contributed by atoms with E-state index in [1.54, 1.807) is 11.6 Å². The standard InChI is InChI=1S/C16H21N3O2/c1-18-15(20)9-14(17-16(18)21)19-12-4-5-13(19)8-11(7-12)6-10-2-3-10/h6,9-10,12-13H,2-5,7-8H2,1H3,(H,17,21). The highest BCUT2D eigenvalue weighted by Gasteiger charge is 2.39. The van der Waals surface area contributed by atoms with Crippen LogP contribution in [-0.4, -0.2) is 21.6 Å². The number of anilines is 1. The van der Waals surface area contributed by atoms with Crippen molar-refractivity contribution in [1.29, 1.82) is 0 Å². The van der Waals surface area contributed by atoms with Crippen LogP contribution in [0.1, 0.15) is 38.5 Å². The van der Waals surface area contributed by atoms with Crippen LogP contribution in [0.5, 0.6) is 0 Å². The first-order chi connectivity index (χ1) is 10.1. The fourth-order valence-electron chi connectivity index (χ4n) is 3.86. The molecule has 2 saturated heterocycles. The number of nitrogens with zero attached hydrogens (tertiary/aromatic N) is 2. The Morgan fingerprint density at radius 3 is 2.38 bits per heavy atom. The Morgan fingerprint density at radius 2 is 1.81 bits per heavy atom. The van der Waals surface area contributed by atoms with Gasteiger partial charge in [0.1, 0.15) is 5.82 Å². The Labute approximate surface area is 123 Å². The van der Waals surface area contributed by atoms with Gasteiger partial charge in [-0.3, -0.25) is 14.3 Å². The van der Waals surface area contributed by atoms with E-state index in [9.17, 15) is 9.59 Å². The van der Waals surface area contributed by atoms with E-state index in [4.69, 9.17) is 0 Å². The van der Waals surface area contributed by atoms with Gasteiger partial charge in [0, 0.05) is 25.2 Å². The average Bonchev–Trinajstić information content (AvgIpc) is 3.21. The highest BCUT2D eigenvalue weighted by molar-refractivity contribution is 5.45. The number of aromatic nitrogens is 2. The molecule has 2 aliphatic heterocycles. The lowest BCUT2D eigenvalue weighted by molar-refractivity contribution is 0.538. The maximum absolute atomic E-state index is 11.9. The van der Waals surface area contributed by atoms with Gasteiger partial charge in [0.05, 0.1) is 0 Å². The number of fused-ring (bicyclic) bond motifs is 2. The van der Waals surface area contributed by atoms with Crippen LogP contribution in [0.3, 0.4) is 0 Å². The summed E-state index contributed by atoms with van der Waals surface area (Å²) in [5.41, 5.74) is 1.04. The summed E-state index contributed by atoms with van der Waals surface area (Å²) in [6.07, 6.45) is 9.67. The van der Waals surface area contributed by atoms with E-state index in [2.05, 4.69) is 16.0 Å². The molecule has 3 aliphatic rings. The second-order valence-electron chi connectivity index (χ2n) is 6.72. The molecule has 0 spiro atoms. The quantitative estimate of drug-likeness (QED) is 0.839. The number of hydrogen-bond acceptors (Lipinski definition) is 3. The van der Waals surface area contributed by atoms with Crippen LogP contribution in [0.4, 0.5) is 5.82 Å². The first kappa shape index (κ1) is 12.9. The van der Waals surface area contributed by atoms with Crippen LogP contribution in [0.15, 0.2) is 27.3 Å². The summed E-state index contributed by atoms with van der Waals surface area (Å²) in [7, 11) is 1.51. The smallest absolute Gasteiger partial charge is 0.329 e. The third-order valence-electron chi connectivity index (χ3n) is 5.12. The summed E-state index contributed by atoms with van der Waals surface area (Å²) < 4.78 is 1.12. The molecule has 2 unspecified atom stereocenters. The summed E-state index contributed by atoms with van der Waals surface area (Å²) in [5, 5.41) is 0. The van der Waals surface area contributed by atoms with Crippen LogP contribution >= 0.6 is 0 Å². The second-order valence-corrected chi connectivity index (χ2v) is 6.72. The van der Waals surface area contributed by atoms with E-state index in [-0.39, 0.29) is 11.2 Å². The predicted molar refractivity (Wildman–Crippen MR) is 81.6 cm³/mol. The minimum absolute atomic E-state index is 0.229. The molecular formula is C16H21N3O2. The van der Waals surface area contributed by atoms with Gasteiger partial charge in [0.25, 0.3) is 5.56 Å². The van der Waals surface area contributed by atoms with Crippen LogP contribution in [0.2, 0.25) is 0 Å². The van der Waals surface area contributed by atoms with Crippen LogP contribution in [-0.2, 0) is 7.05 Å². The number of nitrogens with one attached hydrogen (secondary N) is 1. The fraction of sp³-hybridized carbons (Fsp3) is 0.625. The van der Waals surface area contributed by atoms with Gasteiger partial charge in [-0.1, -0.05) is 11.6 Å². The Balaban J connectivity index is 1.65. The van der Waals surface area contributed by atoms with Crippen LogP contribution in [0, 0.1) is 5.92 Å². The third-order valence-corrected chi connectivity index (χ3v) is 5.12. The van der Waals surface area contributed by atoms with Gasteiger partial charge in [-0.15, -0.1) is 0 Å². The maximum Gasteiger partial charge on any atom is 0.329 e. The van der Waals surface area contributed by atoms with Gasteiger partial charge < -0.3 is 4.90 Å². The topological polar surface area (TPSA) is 58.1 Å². The van der Waals surface area contributed by atoms with E-state index in [1.807, 2.05) is 0 Å². The SMILES string of the molecule is Cn1c(=O)cc(N2C3CCC2CC(=CC2CC2)C3)[nH]c1=O. The number of rotatable bonds is 2. The molecule has 1 N–H and O–H groups in total. The minimum atomic E-state index is -0.323. The van der Waals surface area contributed by atoms with Crippen molar-refractivity contribution in [2.24, 2.45) is 13.0 Å². The monoisotopic (exact) mass is 287 g/mol. The molecule has 0 aromatic carbocycles. The molecule has 1 saturated carbocycles. The summed E-state index contributed by atoms with van der Waals surface area (Å²) in [6.45, 7) is 0. The Morgan fingerprint density at radius 1 is 1.14 bits per heavy atom. The predicted octanol–water partition coefficient (Wildman–Crippen LogP) is 1.54. The van der Waals surface area contributed by atoms with Gasteiger partial charge in [-0.05, 0) is 44.4 Å². The van der Waals surface area contributed by atoms with Crippen molar-refractivity contribution in [3.63, 3.8) is 0 Å². The first-order valence-corrected chi connectivity index (χ1v) is 7.90. The second kappa shape index (κ2) is 4.61. The number of hydrogen-bond donors (Lipinski definition) is 1. The maximum atomic E-state index is 11.9. The van der Waals surface area contributed by atoms with Crippen molar-refractivity contribution >= 4 is 5.82 Å². The molecule has 3 heterocycles. The molecule has 21 heavy (non-hydrogen) atoms. The van der Waals surface area contributed by atoms with E-state index in [0.29, 0.717) is 17.9 Å². The molecule has 2 atom stereocenters. The van der Waals surface area contributed by atoms with Crippen LogP contribution < -0.4 is 16.1 Å². The van der Waals surface area contributed by atoms with Crippen LogP contribution in [0.25, 0.3) is 0 Å². The molecule has 3 fully saturated rings. The fourth-order valence-corrected chi connectivity index (χ4v) is 3.86. The van der Waals surface area contributed by atoms with Crippen molar-refractivity contribution in [3.05, 3.63) is 38.6 Å². The highest BCUT2D eigenvalue weighted by atomic mass is 16.2. The van der Waals surface area contributed by atoms with Crippen molar-refractivity contribution in [2.75, 3.05) is 4.90 Å².